The molecular weight excluding hydrogens is 414 g/mol. The molecular formula is C25H22ClNO4. The van der Waals surface area contributed by atoms with Gasteiger partial charge in [-0.1, -0.05) is 48.0 Å². The van der Waals surface area contributed by atoms with Crippen molar-refractivity contribution in [2.75, 3.05) is 13.3 Å². The maximum atomic E-state index is 13.1. The van der Waals surface area contributed by atoms with Crippen LogP contribution in [0.5, 0.6) is 17.2 Å². The average molecular weight is 436 g/mol. The van der Waals surface area contributed by atoms with Crippen LogP contribution in [-0.4, -0.2) is 30.2 Å². The van der Waals surface area contributed by atoms with E-state index in [1.165, 1.54) is 0 Å². The number of ether oxygens (including phenoxy) is 3. The first-order chi connectivity index (χ1) is 15.1. The molecule has 0 radical (unpaired) electrons. The van der Waals surface area contributed by atoms with E-state index < -0.39 is 6.10 Å². The van der Waals surface area contributed by atoms with Crippen molar-refractivity contribution in [2.45, 2.75) is 25.5 Å². The van der Waals surface area contributed by atoms with Gasteiger partial charge < -0.3 is 19.1 Å². The van der Waals surface area contributed by atoms with Gasteiger partial charge in [0.25, 0.3) is 5.91 Å². The first-order valence-electron chi connectivity index (χ1n) is 10.3. The maximum absolute atomic E-state index is 13.1. The van der Waals surface area contributed by atoms with Crippen LogP contribution < -0.4 is 14.2 Å². The van der Waals surface area contributed by atoms with Crippen LogP contribution in [0.4, 0.5) is 0 Å². The zero-order chi connectivity index (χ0) is 21.4. The molecule has 1 fully saturated rings. The molecule has 5 nitrogen and oxygen atoms in total. The number of halogens is 1. The van der Waals surface area contributed by atoms with E-state index in [-0.39, 0.29) is 18.7 Å². The van der Waals surface area contributed by atoms with Crippen molar-refractivity contribution < 1.29 is 19.0 Å². The normalized spacial score (nSPS) is 19.3. The van der Waals surface area contributed by atoms with Gasteiger partial charge in [0.1, 0.15) is 11.8 Å². The van der Waals surface area contributed by atoms with Gasteiger partial charge in [-0.15, -0.1) is 0 Å². The molecule has 31 heavy (non-hydrogen) atoms. The highest BCUT2D eigenvalue weighted by Crippen LogP contribution is 2.42. The molecule has 5 rings (SSSR count). The van der Waals surface area contributed by atoms with Crippen LogP contribution in [0.25, 0.3) is 0 Å². The summed E-state index contributed by atoms with van der Waals surface area (Å²) in [7, 11) is 0. The predicted octanol–water partition coefficient (Wildman–Crippen LogP) is 4.95. The summed E-state index contributed by atoms with van der Waals surface area (Å²) >= 11 is 5.99. The van der Waals surface area contributed by atoms with Gasteiger partial charge in [-0.25, -0.2) is 0 Å². The standard InChI is InChI=1S/C25H22ClNO4/c1-16-4-2-3-5-20(16)31-24-23(18-8-11-21-22(14-18)30-15-29-21)27(25(24)28)13-12-17-6-9-19(26)10-7-17/h2-11,14,23-24H,12-13,15H2,1H3/t23-,24+/m1/s1. The molecule has 1 amide bonds. The highest BCUT2D eigenvalue weighted by atomic mass is 35.5. The number of β-lactam (4-membered cyclic amide) rings is 1. The molecule has 2 atom stereocenters. The van der Waals surface area contributed by atoms with Crippen molar-refractivity contribution >= 4 is 17.5 Å². The highest BCUT2D eigenvalue weighted by molar-refractivity contribution is 6.30. The van der Waals surface area contributed by atoms with E-state index in [9.17, 15) is 4.79 Å². The third-order valence-electron chi connectivity index (χ3n) is 5.79. The van der Waals surface area contributed by atoms with Gasteiger partial charge in [-0.05, 0) is 60.4 Å². The number of hydrogen-bond donors (Lipinski definition) is 0. The summed E-state index contributed by atoms with van der Waals surface area (Å²) in [4.78, 5) is 15.0. The van der Waals surface area contributed by atoms with Gasteiger partial charge in [0.2, 0.25) is 12.9 Å². The number of nitrogens with zero attached hydrogens (tertiary/aromatic N) is 1. The quantitative estimate of drug-likeness (QED) is 0.514. The zero-order valence-corrected chi connectivity index (χ0v) is 17.8. The monoisotopic (exact) mass is 435 g/mol. The number of carbonyl (C=O) groups excluding carboxylic acids is 1. The SMILES string of the molecule is Cc1ccccc1O[C@@H]1C(=O)N(CCc2ccc(Cl)cc2)[C@@H]1c1ccc2c(c1)OCO2. The molecule has 1 saturated heterocycles. The van der Waals surface area contributed by atoms with E-state index in [4.69, 9.17) is 25.8 Å². The minimum absolute atomic E-state index is 0.0140. The molecule has 0 aromatic heterocycles. The van der Waals surface area contributed by atoms with E-state index >= 15 is 0 Å². The lowest BCUT2D eigenvalue weighted by molar-refractivity contribution is -0.164. The molecule has 0 unspecified atom stereocenters. The van der Waals surface area contributed by atoms with Gasteiger partial charge >= 0.3 is 0 Å². The summed E-state index contributed by atoms with van der Waals surface area (Å²) in [5, 5.41) is 0.703. The van der Waals surface area contributed by atoms with Gasteiger partial charge in [-0.2, -0.15) is 0 Å². The molecule has 6 heteroatoms. The molecule has 0 spiro atoms. The van der Waals surface area contributed by atoms with Crippen molar-refractivity contribution in [3.05, 3.63) is 88.4 Å². The van der Waals surface area contributed by atoms with Gasteiger partial charge in [0.05, 0.1) is 0 Å². The Bertz CT molecular complexity index is 1110. The third kappa shape index (κ3) is 3.81. The number of fused-ring (bicyclic) bond motifs is 1. The van der Waals surface area contributed by atoms with Crippen LogP contribution >= 0.6 is 11.6 Å². The number of carbonyl (C=O) groups is 1. The average Bonchev–Trinajstić information content (AvgIpc) is 3.25. The summed E-state index contributed by atoms with van der Waals surface area (Å²) in [5.41, 5.74) is 3.10. The van der Waals surface area contributed by atoms with Gasteiger partial charge in [0, 0.05) is 11.6 Å². The highest BCUT2D eigenvalue weighted by Gasteiger charge is 2.50. The number of benzene rings is 3. The summed E-state index contributed by atoms with van der Waals surface area (Å²) < 4.78 is 17.2. The number of likely N-dealkylation sites (tertiary alicyclic amines) is 1. The van der Waals surface area contributed by atoms with Crippen LogP contribution in [-0.2, 0) is 11.2 Å². The van der Waals surface area contributed by atoms with E-state index in [1.807, 2.05) is 78.6 Å². The Hall–Kier alpha value is -3.18. The van der Waals surface area contributed by atoms with Crippen LogP contribution in [0.2, 0.25) is 5.02 Å². The number of aryl methyl sites for hydroxylation is 1. The van der Waals surface area contributed by atoms with Gasteiger partial charge in [0.15, 0.2) is 11.5 Å². The molecule has 3 aromatic rings. The van der Waals surface area contributed by atoms with Crippen molar-refractivity contribution in [3.63, 3.8) is 0 Å². The molecule has 2 heterocycles. The Kier molecular flexibility index (Phi) is 5.20. The molecule has 0 bridgehead atoms. The Morgan fingerprint density at radius 3 is 2.61 bits per heavy atom. The second kappa shape index (κ2) is 8.16. The summed E-state index contributed by atoms with van der Waals surface area (Å²) in [6, 6.07) is 21.1. The maximum Gasteiger partial charge on any atom is 0.266 e. The first-order valence-corrected chi connectivity index (χ1v) is 10.6. The smallest absolute Gasteiger partial charge is 0.266 e. The second-order valence-corrected chi connectivity index (χ2v) is 8.21. The summed E-state index contributed by atoms with van der Waals surface area (Å²) in [5.74, 6) is 2.13. The largest absolute Gasteiger partial charge is 0.478 e. The second-order valence-electron chi connectivity index (χ2n) is 7.77. The lowest BCUT2D eigenvalue weighted by atomic mass is 9.89. The third-order valence-corrected chi connectivity index (χ3v) is 6.04. The minimum atomic E-state index is -0.577. The molecule has 2 aliphatic heterocycles. The molecule has 0 saturated carbocycles. The number of amides is 1. The Morgan fingerprint density at radius 2 is 1.81 bits per heavy atom. The lowest BCUT2D eigenvalue weighted by Crippen LogP contribution is -2.61. The fourth-order valence-corrected chi connectivity index (χ4v) is 4.18. The first kappa shape index (κ1) is 19.8. The van der Waals surface area contributed by atoms with Crippen molar-refractivity contribution in [2.24, 2.45) is 0 Å². The van der Waals surface area contributed by atoms with Crippen molar-refractivity contribution in [3.8, 4) is 17.2 Å². The summed E-state index contributed by atoms with van der Waals surface area (Å²) in [6.07, 6.45) is 0.160. The van der Waals surface area contributed by atoms with E-state index in [0.717, 1.165) is 34.6 Å². The van der Waals surface area contributed by atoms with Crippen LogP contribution in [0.15, 0.2) is 66.7 Å². The number of rotatable bonds is 6. The Labute approximate surface area is 186 Å². The molecule has 2 aliphatic rings. The van der Waals surface area contributed by atoms with Crippen LogP contribution in [0.3, 0.4) is 0 Å². The Morgan fingerprint density at radius 1 is 1.03 bits per heavy atom. The zero-order valence-electron chi connectivity index (χ0n) is 17.1. The molecule has 0 aliphatic carbocycles. The van der Waals surface area contributed by atoms with Crippen LogP contribution in [0.1, 0.15) is 22.7 Å². The molecule has 3 aromatic carbocycles. The summed E-state index contributed by atoms with van der Waals surface area (Å²) in [6.45, 7) is 2.78. The van der Waals surface area contributed by atoms with Crippen molar-refractivity contribution in [1.82, 2.24) is 4.90 Å². The van der Waals surface area contributed by atoms with E-state index in [2.05, 4.69) is 0 Å². The lowest BCUT2D eigenvalue weighted by Gasteiger charge is -2.47. The molecule has 0 N–H and O–H groups in total. The Balaban J connectivity index is 1.40. The fraction of sp³-hybridized carbons (Fsp3) is 0.240. The number of hydrogen-bond acceptors (Lipinski definition) is 4. The van der Waals surface area contributed by atoms with Crippen LogP contribution in [0, 0.1) is 6.92 Å². The van der Waals surface area contributed by atoms with Gasteiger partial charge in [-0.3, -0.25) is 4.79 Å². The van der Waals surface area contributed by atoms with Crippen molar-refractivity contribution in [1.29, 1.82) is 0 Å². The topological polar surface area (TPSA) is 48.0 Å². The molecule has 158 valence electrons. The number of para-hydroxylation sites is 1. The predicted molar refractivity (Wildman–Crippen MR) is 118 cm³/mol. The van der Waals surface area contributed by atoms with E-state index in [0.29, 0.717) is 17.3 Å². The van der Waals surface area contributed by atoms with E-state index in [1.54, 1.807) is 0 Å². The fourth-order valence-electron chi connectivity index (χ4n) is 4.06. The minimum Gasteiger partial charge on any atom is -0.478 e.